The zero-order valence-corrected chi connectivity index (χ0v) is 10.2. The number of amides is 1. The average molecular weight is 212 g/mol. The highest BCUT2D eigenvalue weighted by molar-refractivity contribution is 5.77. The van der Waals surface area contributed by atoms with E-state index in [-0.39, 0.29) is 11.8 Å². The van der Waals surface area contributed by atoms with Gasteiger partial charge in [0.2, 0.25) is 5.91 Å². The molecule has 0 radical (unpaired) electrons. The van der Waals surface area contributed by atoms with Crippen LogP contribution < -0.4 is 10.6 Å². The van der Waals surface area contributed by atoms with Gasteiger partial charge in [-0.3, -0.25) is 4.79 Å². The van der Waals surface area contributed by atoms with Crippen molar-refractivity contribution in [3.05, 3.63) is 0 Å². The van der Waals surface area contributed by atoms with Gasteiger partial charge in [0.25, 0.3) is 0 Å². The second-order valence-electron chi connectivity index (χ2n) is 5.00. The van der Waals surface area contributed by atoms with Crippen LogP contribution in [-0.4, -0.2) is 26.0 Å². The van der Waals surface area contributed by atoms with E-state index in [0.717, 1.165) is 19.0 Å². The van der Waals surface area contributed by atoms with E-state index >= 15 is 0 Å². The summed E-state index contributed by atoms with van der Waals surface area (Å²) in [7, 11) is 2.01. The summed E-state index contributed by atoms with van der Waals surface area (Å²) >= 11 is 0. The van der Waals surface area contributed by atoms with Crippen LogP contribution in [0.4, 0.5) is 0 Å². The molecule has 0 aromatic heterocycles. The molecule has 1 rings (SSSR count). The molecule has 88 valence electrons. The second-order valence-corrected chi connectivity index (χ2v) is 5.00. The van der Waals surface area contributed by atoms with E-state index in [4.69, 9.17) is 0 Å². The Hall–Kier alpha value is -0.570. The van der Waals surface area contributed by atoms with Crippen molar-refractivity contribution < 1.29 is 4.79 Å². The van der Waals surface area contributed by atoms with E-state index in [1.54, 1.807) is 0 Å². The molecule has 15 heavy (non-hydrogen) atoms. The first kappa shape index (κ1) is 12.5. The summed E-state index contributed by atoms with van der Waals surface area (Å²) in [6, 6.07) is 0. The Morgan fingerprint density at radius 1 is 1.27 bits per heavy atom. The maximum Gasteiger partial charge on any atom is 0.222 e. The Morgan fingerprint density at radius 3 is 2.40 bits per heavy atom. The summed E-state index contributed by atoms with van der Waals surface area (Å²) in [6.45, 7) is 5.87. The van der Waals surface area contributed by atoms with Gasteiger partial charge in [-0.2, -0.15) is 0 Å². The zero-order valence-electron chi connectivity index (χ0n) is 10.2. The van der Waals surface area contributed by atoms with Crippen molar-refractivity contribution in [1.29, 1.82) is 0 Å². The molecule has 3 heteroatoms. The van der Waals surface area contributed by atoms with Crippen LogP contribution in [0.3, 0.4) is 0 Å². The van der Waals surface area contributed by atoms with E-state index < -0.39 is 0 Å². The fourth-order valence-corrected chi connectivity index (χ4v) is 2.29. The Labute approximate surface area is 93.0 Å². The zero-order chi connectivity index (χ0) is 11.3. The summed E-state index contributed by atoms with van der Waals surface area (Å²) in [5, 5.41) is 6.25. The predicted octanol–water partition coefficient (Wildman–Crippen LogP) is 1.39. The molecule has 2 atom stereocenters. The monoisotopic (exact) mass is 212 g/mol. The Bertz CT molecular complexity index is 204. The molecule has 1 saturated carbocycles. The molecule has 0 aromatic rings. The fraction of sp³-hybridized carbons (Fsp3) is 0.917. The molecule has 0 saturated heterocycles. The topological polar surface area (TPSA) is 41.1 Å². The van der Waals surface area contributed by atoms with Gasteiger partial charge in [0, 0.05) is 12.5 Å². The molecule has 0 bridgehead atoms. The standard InChI is InChI=1S/C12H24N2O/c1-9(2)12(15)14-8-11-5-4-10(6-11)7-13-3/h9-11,13H,4-8H2,1-3H3,(H,14,15)/t10-,11+/m1/s1. The van der Waals surface area contributed by atoms with Crippen molar-refractivity contribution in [2.24, 2.45) is 17.8 Å². The van der Waals surface area contributed by atoms with Crippen LogP contribution in [0.1, 0.15) is 33.1 Å². The van der Waals surface area contributed by atoms with Gasteiger partial charge in [0.15, 0.2) is 0 Å². The molecule has 0 aromatic carbocycles. The minimum atomic E-state index is 0.111. The molecule has 0 heterocycles. The van der Waals surface area contributed by atoms with Crippen LogP contribution >= 0.6 is 0 Å². The largest absolute Gasteiger partial charge is 0.356 e. The molecule has 1 aliphatic rings. The Morgan fingerprint density at radius 2 is 1.87 bits per heavy atom. The lowest BCUT2D eigenvalue weighted by Gasteiger charge is -2.13. The van der Waals surface area contributed by atoms with Crippen molar-refractivity contribution in [2.45, 2.75) is 33.1 Å². The van der Waals surface area contributed by atoms with Gasteiger partial charge in [0.05, 0.1) is 0 Å². The molecular formula is C12H24N2O. The van der Waals surface area contributed by atoms with E-state index in [0.29, 0.717) is 5.92 Å². The summed E-state index contributed by atoms with van der Waals surface area (Å²) in [6.07, 6.45) is 3.84. The first-order valence-electron chi connectivity index (χ1n) is 6.05. The van der Waals surface area contributed by atoms with Crippen LogP contribution in [0.2, 0.25) is 0 Å². The molecule has 1 amide bonds. The third-order valence-corrected chi connectivity index (χ3v) is 3.23. The maximum atomic E-state index is 11.4. The van der Waals surface area contributed by atoms with Gasteiger partial charge in [-0.25, -0.2) is 0 Å². The smallest absolute Gasteiger partial charge is 0.222 e. The molecule has 0 aliphatic heterocycles. The summed E-state index contributed by atoms with van der Waals surface area (Å²) in [4.78, 5) is 11.4. The van der Waals surface area contributed by atoms with Crippen LogP contribution in [0, 0.1) is 17.8 Å². The van der Waals surface area contributed by atoms with Crippen molar-refractivity contribution in [1.82, 2.24) is 10.6 Å². The maximum absolute atomic E-state index is 11.4. The first-order chi connectivity index (χ1) is 7.13. The van der Waals surface area contributed by atoms with Crippen molar-refractivity contribution >= 4 is 5.91 Å². The fourth-order valence-electron chi connectivity index (χ4n) is 2.29. The van der Waals surface area contributed by atoms with Crippen LogP contribution in [-0.2, 0) is 4.79 Å². The molecule has 1 aliphatic carbocycles. The molecule has 3 nitrogen and oxygen atoms in total. The van der Waals surface area contributed by atoms with E-state index in [1.165, 1.54) is 19.3 Å². The van der Waals surface area contributed by atoms with E-state index in [2.05, 4.69) is 10.6 Å². The van der Waals surface area contributed by atoms with Gasteiger partial charge in [-0.1, -0.05) is 13.8 Å². The van der Waals surface area contributed by atoms with Gasteiger partial charge in [0.1, 0.15) is 0 Å². The number of carbonyl (C=O) groups is 1. The van der Waals surface area contributed by atoms with Gasteiger partial charge >= 0.3 is 0 Å². The lowest BCUT2D eigenvalue weighted by Crippen LogP contribution is -2.31. The predicted molar refractivity (Wildman–Crippen MR) is 62.6 cm³/mol. The molecular weight excluding hydrogens is 188 g/mol. The van der Waals surface area contributed by atoms with Crippen molar-refractivity contribution in [2.75, 3.05) is 20.1 Å². The van der Waals surface area contributed by atoms with Gasteiger partial charge in [-0.15, -0.1) is 0 Å². The highest BCUT2D eigenvalue weighted by Gasteiger charge is 2.24. The third kappa shape index (κ3) is 4.20. The first-order valence-corrected chi connectivity index (χ1v) is 6.05. The molecule has 1 fully saturated rings. The number of carbonyl (C=O) groups excluding carboxylic acids is 1. The number of nitrogens with one attached hydrogen (secondary N) is 2. The lowest BCUT2D eigenvalue weighted by molar-refractivity contribution is -0.124. The molecule has 0 unspecified atom stereocenters. The van der Waals surface area contributed by atoms with Crippen molar-refractivity contribution in [3.63, 3.8) is 0 Å². The summed E-state index contributed by atoms with van der Waals surface area (Å²) in [5.74, 6) is 1.81. The lowest BCUT2D eigenvalue weighted by atomic mass is 10.0. The summed E-state index contributed by atoms with van der Waals surface area (Å²) in [5.41, 5.74) is 0. The highest BCUT2D eigenvalue weighted by Crippen LogP contribution is 2.29. The number of hydrogen-bond donors (Lipinski definition) is 2. The van der Waals surface area contributed by atoms with E-state index in [1.807, 2.05) is 20.9 Å². The number of hydrogen-bond acceptors (Lipinski definition) is 2. The van der Waals surface area contributed by atoms with Gasteiger partial charge < -0.3 is 10.6 Å². The van der Waals surface area contributed by atoms with E-state index in [9.17, 15) is 4.79 Å². The number of rotatable bonds is 5. The normalized spacial score (nSPS) is 25.9. The quantitative estimate of drug-likeness (QED) is 0.723. The SMILES string of the molecule is CNC[C@@H]1CC[C@H](CNC(=O)C(C)C)C1. The van der Waals surface area contributed by atoms with Crippen molar-refractivity contribution in [3.8, 4) is 0 Å². The summed E-state index contributed by atoms with van der Waals surface area (Å²) < 4.78 is 0. The van der Waals surface area contributed by atoms with Crippen LogP contribution in [0.5, 0.6) is 0 Å². The average Bonchev–Trinajstić information content (AvgIpc) is 2.62. The van der Waals surface area contributed by atoms with Crippen LogP contribution in [0.25, 0.3) is 0 Å². The third-order valence-electron chi connectivity index (χ3n) is 3.23. The van der Waals surface area contributed by atoms with Gasteiger partial charge in [-0.05, 0) is 44.7 Å². The highest BCUT2D eigenvalue weighted by atomic mass is 16.1. The Balaban J connectivity index is 2.16. The Kier molecular flexibility index (Phi) is 5.09. The molecule has 0 spiro atoms. The molecule has 2 N–H and O–H groups in total. The minimum absolute atomic E-state index is 0.111. The minimum Gasteiger partial charge on any atom is -0.356 e. The second kappa shape index (κ2) is 6.11. The van der Waals surface area contributed by atoms with Crippen LogP contribution in [0.15, 0.2) is 0 Å².